The minimum atomic E-state index is -0.385. The van der Waals surface area contributed by atoms with E-state index in [1.54, 1.807) is 19.1 Å². The number of pyridine rings is 1. The lowest BCUT2D eigenvalue weighted by Gasteiger charge is -2.17. The van der Waals surface area contributed by atoms with Crippen LogP contribution in [0.5, 0.6) is 0 Å². The molecule has 0 aliphatic heterocycles. The number of carbonyl (C=O) groups is 1. The van der Waals surface area contributed by atoms with Crippen molar-refractivity contribution in [1.82, 2.24) is 4.98 Å². The molecule has 116 valence electrons. The highest BCUT2D eigenvalue weighted by Crippen LogP contribution is 2.11. The van der Waals surface area contributed by atoms with Crippen molar-refractivity contribution < 1.29 is 14.6 Å². The summed E-state index contributed by atoms with van der Waals surface area (Å²) in [5, 5.41) is 12.7. The molecule has 0 saturated carbocycles. The molecule has 1 aromatic carbocycles. The third-order valence-electron chi connectivity index (χ3n) is 3.17. The Kier molecular flexibility index (Phi) is 5.91. The lowest BCUT2D eigenvalue weighted by atomic mass is 10.1. The van der Waals surface area contributed by atoms with E-state index < -0.39 is 0 Å². The van der Waals surface area contributed by atoms with Crippen LogP contribution in [0.2, 0.25) is 0 Å². The summed E-state index contributed by atoms with van der Waals surface area (Å²) in [5.74, 6) is 0.229. The number of esters is 1. The van der Waals surface area contributed by atoms with E-state index in [0.717, 1.165) is 5.56 Å². The van der Waals surface area contributed by atoms with Crippen LogP contribution < -0.4 is 5.32 Å². The molecule has 2 N–H and O–H groups in total. The first-order chi connectivity index (χ1) is 10.7. The number of benzene rings is 1. The normalized spacial score (nSPS) is 11.7. The molecule has 2 aromatic rings. The van der Waals surface area contributed by atoms with Gasteiger partial charge in [-0.1, -0.05) is 30.3 Å². The number of aromatic nitrogens is 1. The predicted molar refractivity (Wildman–Crippen MR) is 84.8 cm³/mol. The maximum absolute atomic E-state index is 11.6. The topological polar surface area (TPSA) is 71.5 Å². The van der Waals surface area contributed by atoms with Gasteiger partial charge in [0.25, 0.3) is 0 Å². The number of carbonyl (C=O) groups excluding carboxylic acids is 1. The fourth-order valence-electron chi connectivity index (χ4n) is 2.08. The number of ether oxygens (including phenoxy) is 1. The van der Waals surface area contributed by atoms with E-state index >= 15 is 0 Å². The molecule has 0 saturated heterocycles. The Morgan fingerprint density at radius 2 is 2.05 bits per heavy atom. The Bertz CT molecular complexity index is 585. The first-order valence-corrected chi connectivity index (χ1v) is 7.27. The molecule has 0 spiro atoms. The monoisotopic (exact) mass is 300 g/mol. The largest absolute Gasteiger partial charge is 0.462 e. The van der Waals surface area contributed by atoms with Gasteiger partial charge < -0.3 is 15.2 Å². The Hall–Kier alpha value is -2.40. The number of nitrogens with one attached hydrogen (secondary N) is 1. The number of aliphatic hydroxyl groups is 1. The number of aliphatic hydroxyl groups excluding tert-OH is 1. The van der Waals surface area contributed by atoms with E-state index in [1.807, 2.05) is 30.3 Å². The van der Waals surface area contributed by atoms with Crippen molar-refractivity contribution in [3.05, 3.63) is 59.8 Å². The minimum Gasteiger partial charge on any atom is -0.462 e. The first-order valence-electron chi connectivity index (χ1n) is 7.27. The predicted octanol–water partition coefficient (Wildman–Crippen LogP) is 2.27. The van der Waals surface area contributed by atoms with Crippen LogP contribution in [0.15, 0.2) is 48.7 Å². The first kappa shape index (κ1) is 16.0. The van der Waals surface area contributed by atoms with Gasteiger partial charge >= 0.3 is 5.97 Å². The third-order valence-corrected chi connectivity index (χ3v) is 3.17. The standard InChI is InChI=1S/C17H20N2O3/c1-2-22-17(21)14-8-9-16(18-11-14)19-15(12-20)10-13-6-4-3-5-7-13/h3-9,11,15,20H,2,10,12H2,1H3,(H,18,19). The lowest BCUT2D eigenvalue weighted by Crippen LogP contribution is -2.26. The van der Waals surface area contributed by atoms with E-state index in [4.69, 9.17) is 4.74 Å². The maximum atomic E-state index is 11.6. The summed E-state index contributed by atoms with van der Waals surface area (Å²) in [6, 6.07) is 13.2. The van der Waals surface area contributed by atoms with Crippen molar-refractivity contribution in [3.63, 3.8) is 0 Å². The van der Waals surface area contributed by atoms with Gasteiger partial charge in [0.15, 0.2) is 0 Å². The third kappa shape index (κ3) is 4.56. The molecule has 1 heterocycles. The van der Waals surface area contributed by atoms with E-state index in [1.165, 1.54) is 6.20 Å². The van der Waals surface area contributed by atoms with Gasteiger partial charge in [0.1, 0.15) is 5.82 Å². The van der Waals surface area contributed by atoms with E-state index in [9.17, 15) is 9.90 Å². The summed E-state index contributed by atoms with van der Waals surface area (Å²) < 4.78 is 4.91. The molecule has 1 unspecified atom stereocenters. The van der Waals surface area contributed by atoms with Crippen LogP contribution in [-0.4, -0.2) is 35.3 Å². The number of rotatable bonds is 7. The Morgan fingerprint density at radius 3 is 2.64 bits per heavy atom. The van der Waals surface area contributed by atoms with Crippen LogP contribution in [0, 0.1) is 0 Å². The SMILES string of the molecule is CCOC(=O)c1ccc(NC(CO)Cc2ccccc2)nc1. The van der Waals surface area contributed by atoms with Crippen LogP contribution in [0.4, 0.5) is 5.82 Å². The number of anilines is 1. The van der Waals surface area contributed by atoms with Crippen LogP contribution in [0.25, 0.3) is 0 Å². The molecule has 22 heavy (non-hydrogen) atoms. The van der Waals surface area contributed by atoms with Crippen molar-refractivity contribution in [1.29, 1.82) is 0 Å². The van der Waals surface area contributed by atoms with Gasteiger partial charge in [-0.3, -0.25) is 0 Å². The van der Waals surface area contributed by atoms with Gasteiger partial charge in [0.05, 0.1) is 24.8 Å². The summed E-state index contributed by atoms with van der Waals surface area (Å²) in [6.45, 7) is 2.09. The molecule has 0 amide bonds. The second kappa shape index (κ2) is 8.14. The van der Waals surface area contributed by atoms with Gasteiger partial charge in [-0.05, 0) is 31.0 Å². The van der Waals surface area contributed by atoms with Crippen LogP contribution >= 0.6 is 0 Å². The average Bonchev–Trinajstić information content (AvgIpc) is 2.56. The van der Waals surface area contributed by atoms with Crippen molar-refractivity contribution in [3.8, 4) is 0 Å². The van der Waals surface area contributed by atoms with Gasteiger partial charge in [-0.2, -0.15) is 0 Å². The summed E-state index contributed by atoms with van der Waals surface area (Å²) in [7, 11) is 0. The van der Waals surface area contributed by atoms with E-state index in [-0.39, 0.29) is 18.6 Å². The zero-order valence-corrected chi connectivity index (χ0v) is 12.5. The summed E-state index contributed by atoms with van der Waals surface area (Å²) >= 11 is 0. The molecule has 5 heteroatoms. The van der Waals surface area contributed by atoms with Crippen LogP contribution in [0.1, 0.15) is 22.8 Å². The molecule has 0 radical (unpaired) electrons. The second-order valence-electron chi connectivity index (χ2n) is 4.87. The molecule has 1 aromatic heterocycles. The van der Waals surface area contributed by atoms with Gasteiger partial charge in [0.2, 0.25) is 0 Å². The molecular formula is C17H20N2O3. The summed E-state index contributed by atoms with van der Waals surface area (Å²) in [6.07, 6.45) is 2.16. The lowest BCUT2D eigenvalue weighted by molar-refractivity contribution is 0.0526. The zero-order chi connectivity index (χ0) is 15.8. The number of hydrogen-bond acceptors (Lipinski definition) is 5. The molecule has 0 bridgehead atoms. The van der Waals surface area contributed by atoms with Gasteiger partial charge in [-0.25, -0.2) is 9.78 Å². The second-order valence-corrected chi connectivity index (χ2v) is 4.87. The highest BCUT2D eigenvalue weighted by molar-refractivity contribution is 5.89. The minimum absolute atomic E-state index is 0.00377. The highest BCUT2D eigenvalue weighted by Gasteiger charge is 2.11. The summed E-state index contributed by atoms with van der Waals surface area (Å²) in [4.78, 5) is 15.7. The van der Waals surface area contributed by atoms with E-state index in [2.05, 4.69) is 10.3 Å². The Labute approximate surface area is 130 Å². The Morgan fingerprint density at radius 1 is 1.27 bits per heavy atom. The van der Waals surface area contributed by atoms with Crippen molar-refractivity contribution >= 4 is 11.8 Å². The molecule has 0 fully saturated rings. The zero-order valence-electron chi connectivity index (χ0n) is 12.5. The van der Waals surface area contributed by atoms with Crippen molar-refractivity contribution in [2.75, 3.05) is 18.5 Å². The molecule has 5 nitrogen and oxygen atoms in total. The number of nitrogens with zero attached hydrogens (tertiary/aromatic N) is 1. The highest BCUT2D eigenvalue weighted by atomic mass is 16.5. The average molecular weight is 300 g/mol. The smallest absolute Gasteiger partial charge is 0.339 e. The molecule has 1 atom stereocenters. The molecule has 2 rings (SSSR count). The van der Waals surface area contributed by atoms with Crippen molar-refractivity contribution in [2.45, 2.75) is 19.4 Å². The maximum Gasteiger partial charge on any atom is 0.339 e. The molecule has 0 aliphatic rings. The van der Waals surface area contributed by atoms with Gasteiger partial charge in [0, 0.05) is 6.20 Å². The summed E-state index contributed by atoms with van der Waals surface area (Å²) in [5.41, 5.74) is 1.55. The van der Waals surface area contributed by atoms with Crippen LogP contribution in [-0.2, 0) is 11.2 Å². The van der Waals surface area contributed by atoms with Crippen LogP contribution in [0.3, 0.4) is 0 Å². The Balaban J connectivity index is 1.97. The molecular weight excluding hydrogens is 280 g/mol. The fraction of sp³-hybridized carbons (Fsp3) is 0.294. The molecule has 0 aliphatic carbocycles. The van der Waals surface area contributed by atoms with E-state index in [0.29, 0.717) is 24.4 Å². The quantitative estimate of drug-likeness (QED) is 0.768. The van der Waals surface area contributed by atoms with Gasteiger partial charge in [-0.15, -0.1) is 0 Å². The fourth-order valence-corrected chi connectivity index (χ4v) is 2.08. The van der Waals surface area contributed by atoms with Crippen molar-refractivity contribution in [2.24, 2.45) is 0 Å². The number of hydrogen-bond donors (Lipinski definition) is 2.